The molecule has 0 saturated carbocycles. The van der Waals surface area contributed by atoms with Crippen LogP contribution in [0.1, 0.15) is 57.6 Å². The molecule has 41 heavy (non-hydrogen) atoms. The van der Waals surface area contributed by atoms with Crippen molar-refractivity contribution in [2.45, 2.75) is 32.8 Å². The first-order chi connectivity index (χ1) is 19.7. The van der Waals surface area contributed by atoms with Gasteiger partial charge in [0, 0.05) is 33.7 Å². The molecule has 5 nitrogen and oxygen atoms in total. The molecule has 0 heterocycles. The van der Waals surface area contributed by atoms with Crippen LogP contribution in [0.15, 0.2) is 97.6 Å². The van der Waals surface area contributed by atoms with Crippen molar-refractivity contribution in [3.05, 3.63) is 137 Å². The Morgan fingerprint density at radius 1 is 0.878 bits per heavy atom. The van der Waals surface area contributed by atoms with Crippen LogP contribution in [-0.2, 0) is 21.6 Å². The van der Waals surface area contributed by atoms with E-state index in [-0.39, 0.29) is 12.4 Å². The molecular formula is C36H32O5. The fraction of sp³-hybridized carbons (Fsp3) is 0.167. The first-order valence-corrected chi connectivity index (χ1v) is 13.1. The molecule has 0 fully saturated rings. The maximum absolute atomic E-state index is 12.9. The van der Waals surface area contributed by atoms with Crippen LogP contribution in [0.3, 0.4) is 0 Å². The van der Waals surface area contributed by atoms with Crippen LogP contribution < -0.4 is 9.47 Å². The van der Waals surface area contributed by atoms with Crippen LogP contribution in [0, 0.1) is 19.3 Å². The lowest BCUT2D eigenvalue weighted by atomic mass is 9.77. The molecule has 0 aliphatic heterocycles. The quantitative estimate of drug-likeness (QED) is 0.0892. The Kier molecular flexibility index (Phi) is 8.75. The highest BCUT2D eigenvalue weighted by Crippen LogP contribution is 2.36. The van der Waals surface area contributed by atoms with Crippen LogP contribution in [0.5, 0.6) is 17.2 Å². The van der Waals surface area contributed by atoms with Crippen LogP contribution in [-0.4, -0.2) is 18.9 Å². The van der Waals surface area contributed by atoms with Gasteiger partial charge in [-0.1, -0.05) is 44.5 Å². The molecule has 0 aromatic heterocycles. The van der Waals surface area contributed by atoms with E-state index in [0.29, 0.717) is 33.9 Å². The number of aryl methyl sites for hydroxylation is 1. The van der Waals surface area contributed by atoms with E-state index in [1.54, 1.807) is 55.6 Å². The molecule has 0 spiro atoms. The molecule has 0 aliphatic rings. The molecule has 0 saturated heterocycles. The molecule has 0 bridgehead atoms. The molecule has 0 radical (unpaired) electrons. The lowest BCUT2D eigenvalue weighted by Gasteiger charge is -2.28. The fourth-order valence-electron chi connectivity index (χ4n) is 4.43. The van der Waals surface area contributed by atoms with E-state index >= 15 is 0 Å². The van der Waals surface area contributed by atoms with Crippen molar-refractivity contribution >= 4 is 11.8 Å². The number of ether oxygens (including phenoxy) is 3. The van der Waals surface area contributed by atoms with Gasteiger partial charge in [-0.2, -0.15) is 0 Å². The smallest absolute Gasteiger partial charge is 0.330 e. The molecule has 4 aromatic rings. The number of methoxy groups -OCH3 is 1. The zero-order chi connectivity index (χ0) is 29.6. The fourth-order valence-corrected chi connectivity index (χ4v) is 4.43. The normalized spacial score (nSPS) is 10.8. The second-order valence-electron chi connectivity index (χ2n) is 10.1. The van der Waals surface area contributed by atoms with Crippen LogP contribution >= 0.6 is 0 Å². The third-order valence-corrected chi connectivity index (χ3v) is 7.13. The average Bonchev–Trinajstić information content (AvgIpc) is 3.00. The average molecular weight is 545 g/mol. The topological polar surface area (TPSA) is 61.8 Å². The Bertz CT molecular complexity index is 1620. The van der Waals surface area contributed by atoms with E-state index in [0.717, 1.165) is 28.3 Å². The van der Waals surface area contributed by atoms with Gasteiger partial charge in [0.15, 0.2) is 5.78 Å². The molecule has 0 unspecified atom stereocenters. The molecule has 4 rings (SSSR count). The second-order valence-corrected chi connectivity index (χ2v) is 10.1. The van der Waals surface area contributed by atoms with Gasteiger partial charge in [-0.15, -0.1) is 6.42 Å². The van der Waals surface area contributed by atoms with Crippen molar-refractivity contribution in [1.82, 2.24) is 0 Å². The number of carbonyl (C=O) groups is 2. The highest BCUT2D eigenvalue weighted by atomic mass is 16.5. The van der Waals surface area contributed by atoms with Crippen molar-refractivity contribution in [2.24, 2.45) is 0 Å². The summed E-state index contributed by atoms with van der Waals surface area (Å²) < 4.78 is 16.7. The van der Waals surface area contributed by atoms with Gasteiger partial charge < -0.3 is 14.2 Å². The van der Waals surface area contributed by atoms with E-state index < -0.39 is 11.4 Å². The summed E-state index contributed by atoms with van der Waals surface area (Å²) in [5, 5.41) is 0. The number of terminal acetylenes is 1. The Balaban J connectivity index is 1.61. The van der Waals surface area contributed by atoms with Gasteiger partial charge in [-0.05, 0) is 90.3 Å². The Labute approximate surface area is 241 Å². The summed E-state index contributed by atoms with van der Waals surface area (Å²) in [6.07, 6.45) is 6.85. The van der Waals surface area contributed by atoms with Crippen LogP contribution in [0.2, 0.25) is 0 Å². The standard InChI is InChI=1S/C36H32O5/c1-7-25-21-29(14-9-24(25)3)36(4,5)30-15-20-33(28(22-30)23-40-34(37)8-2)41-32-18-12-27(13-19-32)35(38)26-10-16-31(39-6)17-11-26/h1,8-22H,2,23H2,3-6H3. The van der Waals surface area contributed by atoms with E-state index in [1.807, 2.05) is 37.3 Å². The third-order valence-electron chi connectivity index (χ3n) is 7.13. The maximum Gasteiger partial charge on any atom is 0.330 e. The van der Waals surface area contributed by atoms with Gasteiger partial charge in [-0.25, -0.2) is 4.79 Å². The molecule has 0 amide bonds. The Morgan fingerprint density at radius 3 is 2.05 bits per heavy atom. The van der Waals surface area contributed by atoms with Gasteiger partial charge in [0.05, 0.1) is 7.11 Å². The third kappa shape index (κ3) is 6.57. The largest absolute Gasteiger partial charge is 0.497 e. The minimum absolute atomic E-state index is 0.00164. The highest BCUT2D eigenvalue weighted by molar-refractivity contribution is 6.09. The van der Waals surface area contributed by atoms with Gasteiger partial charge in [0.25, 0.3) is 0 Å². The summed E-state index contributed by atoms with van der Waals surface area (Å²) in [5.41, 5.74) is 5.36. The second kappa shape index (κ2) is 12.4. The summed E-state index contributed by atoms with van der Waals surface area (Å²) in [4.78, 5) is 24.8. The molecule has 0 atom stereocenters. The molecular weight excluding hydrogens is 512 g/mol. The number of esters is 1. The lowest BCUT2D eigenvalue weighted by Crippen LogP contribution is -2.20. The summed E-state index contributed by atoms with van der Waals surface area (Å²) in [5.74, 6) is 3.88. The van der Waals surface area contributed by atoms with E-state index in [9.17, 15) is 9.59 Å². The maximum atomic E-state index is 12.9. The van der Waals surface area contributed by atoms with E-state index in [1.165, 1.54) is 0 Å². The predicted molar refractivity (Wildman–Crippen MR) is 161 cm³/mol. The van der Waals surface area contributed by atoms with Crippen molar-refractivity contribution in [3.8, 4) is 29.6 Å². The Morgan fingerprint density at radius 2 is 1.46 bits per heavy atom. The zero-order valence-electron chi connectivity index (χ0n) is 23.7. The number of ketones is 1. The SMILES string of the molecule is C#Cc1cc(C(C)(C)c2ccc(Oc3ccc(C(=O)c4ccc(OC)cc4)cc3)c(COC(=O)C=C)c2)ccc1C. The number of hydrogen-bond donors (Lipinski definition) is 0. The lowest BCUT2D eigenvalue weighted by molar-refractivity contribution is -0.139. The number of carbonyl (C=O) groups excluding carboxylic acids is 2. The van der Waals surface area contributed by atoms with Gasteiger partial charge in [0.2, 0.25) is 0 Å². The van der Waals surface area contributed by atoms with E-state index in [4.69, 9.17) is 20.6 Å². The summed E-state index contributed by atoms with van der Waals surface area (Å²) in [6.45, 7) is 9.71. The van der Waals surface area contributed by atoms with Gasteiger partial charge in [-0.3, -0.25) is 4.79 Å². The predicted octanol–water partition coefficient (Wildman–Crippen LogP) is 7.56. The van der Waals surface area contributed by atoms with E-state index in [2.05, 4.69) is 32.4 Å². The Hall–Kier alpha value is -5.08. The van der Waals surface area contributed by atoms with Crippen molar-refractivity contribution in [2.75, 3.05) is 7.11 Å². The first-order valence-electron chi connectivity index (χ1n) is 13.1. The molecule has 206 valence electrons. The van der Waals surface area contributed by atoms with Crippen molar-refractivity contribution < 1.29 is 23.8 Å². The monoisotopic (exact) mass is 544 g/mol. The van der Waals surface area contributed by atoms with Crippen LogP contribution in [0.25, 0.3) is 0 Å². The zero-order valence-corrected chi connectivity index (χ0v) is 23.7. The van der Waals surface area contributed by atoms with Crippen molar-refractivity contribution in [1.29, 1.82) is 0 Å². The summed E-state index contributed by atoms with van der Waals surface area (Å²) in [6, 6.07) is 25.8. The number of hydrogen-bond acceptors (Lipinski definition) is 5. The summed E-state index contributed by atoms with van der Waals surface area (Å²) in [7, 11) is 1.58. The number of rotatable bonds is 10. The first kappa shape index (κ1) is 28.9. The van der Waals surface area contributed by atoms with Crippen LogP contribution in [0.4, 0.5) is 0 Å². The van der Waals surface area contributed by atoms with Gasteiger partial charge in [0.1, 0.15) is 23.9 Å². The minimum atomic E-state index is -0.529. The highest BCUT2D eigenvalue weighted by Gasteiger charge is 2.25. The minimum Gasteiger partial charge on any atom is -0.497 e. The van der Waals surface area contributed by atoms with Gasteiger partial charge >= 0.3 is 5.97 Å². The molecule has 0 aliphatic carbocycles. The molecule has 5 heteroatoms. The number of benzene rings is 4. The molecule has 0 N–H and O–H groups in total. The molecule has 4 aromatic carbocycles. The van der Waals surface area contributed by atoms with Crippen molar-refractivity contribution in [3.63, 3.8) is 0 Å². The summed E-state index contributed by atoms with van der Waals surface area (Å²) >= 11 is 0.